The van der Waals surface area contributed by atoms with Crippen LogP contribution < -0.4 is 5.73 Å². The van der Waals surface area contributed by atoms with Gasteiger partial charge in [0.15, 0.2) is 0 Å². The van der Waals surface area contributed by atoms with Crippen LogP contribution in [0.15, 0.2) is 12.5 Å². The van der Waals surface area contributed by atoms with Crippen LogP contribution in [0.25, 0.3) is 0 Å². The molecule has 0 saturated carbocycles. The van der Waals surface area contributed by atoms with Crippen molar-refractivity contribution in [3.8, 4) is 12.3 Å². The third-order valence-electron chi connectivity index (χ3n) is 1.86. The van der Waals surface area contributed by atoms with E-state index in [9.17, 15) is 0 Å². The molecule has 2 N–H and O–H groups in total. The Morgan fingerprint density at radius 2 is 2.58 bits per heavy atom. The highest BCUT2D eigenvalue weighted by Gasteiger charge is 2.07. The lowest BCUT2D eigenvalue weighted by atomic mass is 10.1. The zero-order chi connectivity index (χ0) is 8.97. The van der Waals surface area contributed by atoms with Crippen molar-refractivity contribution >= 4 is 0 Å². The molecule has 1 heterocycles. The maximum Gasteiger partial charge on any atom is 0.0956 e. The van der Waals surface area contributed by atoms with Gasteiger partial charge < -0.3 is 10.3 Å². The van der Waals surface area contributed by atoms with Crippen molar-refractivity contribution in [1.29, 1.82) is 0 Å². The normalized spacial score (nSPS) is 12.4. The van der Waals surface area contributed by atoms with Gasteiger partial charge in [0.25, 0.3) is 0 Å². The number of aromatic nitrogens is 2. The van der Waals surface area contributed by atoms with Crippen LogP contribution in [-0.4, -0.2) is 16.1 Å². The number of nitrogens with two attached hydrogens (primary N) is 1. The van der Waals surface area contributed by atoms with E-state index < -0.39 is 0 Å². The van der Waals surface area contributed by atoms with Crippen molar-refractivity contribution in [3.63, 3.8) is 0 Å². The summed E-state index contributed by atoms with van der Waals surface area (Å²) < 4.78 is 1.94. The summed E-state index contributed by atoms with van der Waals surface area (Å²) in [5.74, 6) is 2.89. The van der Waals surface area contributed by atoms with Gasteiger partial charge in [-0.2, -0.15) is 0 Å². The highest BCUT2D eigenvalue weighted by molar-refractivity contribution is 5.07. The van der Waals surface area contributed by atoms with E-state index in [1.165, 1.54) is 0 Å². The lowest BCUT2D eigenvalue weighted by molar-refractivity contribution is 0.674. The molecule has 1 unspecified atom stereocenters. The minimum Gasteiger partial charge on any atom is -0.330 e. The van der Waals surface area contributed by atoms with Gasteiger partial charge in [-0.3, -0.25) is 0 Å². The van der Waals surface area contributed by atoms with Crippen LogP contribution in [0.3, 0.4) is 0 Å². The minimum absolute atomic E-state index is 0.320. The van der Waals surface area contributed by atoms with Crippen molar-refractivity contribution in [3.05, 3.63) is 18.2 Å². The molecule has 0 amide bonds. The van der Waals surface area contributed by atoms with Crippen LogP contribution in [-0.2, 0) is 6.54 Å². The van der Waals surface area contributed by atoms with Crippen LogP contribution in [0.5, 0.6) is 0 Å². The fourth-order valence-corrected chi connectivity index (χ4v) is 1.09. The van der Waals surface area contributed by atoms with Crippen molar-refractivity contribution < 1.29 is 0 Å². The molecule has 12 heavy (non-hydrogen) atoms. The van der Waals surface area contributed by atoms with Crippen LogP contribution in [0.1, 0.15) is 18.5 Å². The molecule has 1 aromatic heterocycles. The summed E-state index contributed by atoms with van der Waals surface area (Å²) >= 11 is 0. The van der Waals surface area contributed by atoms with Gasteiger partial charge in [-0.15, -0.1) is 6.42 Å². The van der Waals surface area contributed by atoms with Crippen LogP contribution in [0.2, 0.25) is 0 Å². The molecule has 0 aliphatic rings. The second-order valence-electron chi connectivity index (χ2n) is 2.79. The third-order valence-corrected chi connectivity index (χ3v) is 1.86. The molecule has 3 heteroatoms. The Morgan fingerprint density at radius 3 is 3.17 bits per heavy atom. The zero-order valence-electron chi connectivity index (χ0n) is 7.20. The molecule has 64 valence electrons. The molecule has 0 fully saturated rings. The number of hydrogen-bond donors (Lipinski definition) is 1. The average Bonchev–Trinajstić information content (AvgIpc) is 2.52. The monoisotopic (exact) mass is 163 g/mol. The number of rotatable bonds is 3. The number of terminal acetylenes is 1. The van der Waals surface area contributed by atoms with Crippen molar-refractivity contribution in [2.45, 2.75) is 19.4 Å². The molecule has 0 radical (unpaired) electrons. The van der Waals surface area contributed by atoms with Crippen LogP contribution >= 0.6 is 0 Å². The van der Waals surface area contributed by atoms with E-state index in [1.54, 1.807) is 6.33 Å². The maximum atomic E-state index is 5.54. The Balaban J connectivity index is 2.84. The standard InChI is InChI=1S/C9H13N3/c1-3-4-12-7-11-6-9(12)8(2)5-10/h1,6-8H,4-5,10H2,2H3. The molecular weight excluding hydrogens is 150 g/mol. The van der Waals surface area contributed by atoms with Crippen molar-refractivity contribution in [1.82, 2.24) is 9.55 Å². The van der Waals surface area contributed by atoms with Gasteiger partial charge >= 0.3 is 0 Å². The van der Waals surface area contributed by atoms with E-state index in [-0.39, 0.29) is 0 Å². The summed E-state index contributed by atoms with van der Waals surface area (Å²) in [7, 11) is 0. The van der Waals surface area contributed by atoms with E-state index in [4.69, 9.17) is 12.2 Å². The molecule has 0 aliphatic carbocycles. The lowest BCUT2D eigenvalue weighted by Crippen LogP contribution is -2.13. The third kappa shape index (κ3) is 1.66. The largest absolute Gasteiger partial charge is 0.330 e. The van der Waals surface area contributed by atoms with E-state index in [2.05, 4.69) is 17.8 Å². The maximum absolute atomic E-state index is 5.54. The Kier molecular flexibility index (Phi) is 2.89. The molecule has 1 aromatic rings. The van der Waals surface area contributed by atoms with Gasteiger partial charge in [-0.25, -0.2) is 4.98 Å². The number of nitrogens with zero attached hydrogens (tertiary/aromatic N) is 2. The second-order valence-corrected chi connectivity index (χ2v) is 2.79. The van der Waals surface area contributed by atoms with E-state index >= 15 is 0 Å². The lowest BCUT2D eigenvalue weighted by Gasteiger charge is -2.09. The fourth-order valence-electron chi connectivity index (χ4n) is 1.09. The summed E-state index contributed by atoms with van der Waals surface area (Å²) in [6.07, 6.45) is 8.75. The first-order chi connectivity index (χ1) is 5.79. The molecular formula is C9H13N3. The van der Waals surface area contributed by atoms with Gasteiger partial charge in [-0.05, 0) is 0 Å². The van der Waals surface area contributed by atoms with Crippen LogP contribution in [0, 0.1) is 12.3 Å². The van der Waals surface area contributed by atoms with Gasteiger partial charge in [-0.1, -0.05) is 12.8 Å². The molecule has 0 aromatic carbocycles. The first-order valence-corrected chi connectivity index (χ1v) is 3.93. The molecule has 3 nitrogen and oxygen atoms in total. The Bertz CT molecular complexity index is 282. The van der Waals surface area contributed by atoms with Gasteiger partial charge in [0.2, 0.25) is 0 Å². The van der Waals surface area contributed by atoms with Gasteiger partial charge in [0.1, 0.15) is 0 Å². The Hall–Kier alpha value is -1.27. The molecule has 1 rings (SSSR count). The van der Waals surface area contributed by atoms with Gasteiger partial charge in [0.05, 0.1) is 12.9 Å². The van der Waals surface area contributed by atoms with Crippen molar-refractivity contribution in [2.24, 2.45) is 5.73 Å². The summed E-state index contributed by atoms with van der Waals surface area (Å²) in [4.78, 5) is 4.02. The molecule has 0 bridgehead atoms. The van der Waals surface area contributed by atoms with Gasteiger partial charge in [0, 0.05) is 24.4 Å². The minimum atomic E-state index is 0.320. The first kappa shape index (κ1) is 8.82. The summed E-state index contributed by atoms with van der Waals surface area (Å²) in [5, 5.41) is 0. The average molecular weight is 163 g/mol. The number of hydrogen-bond acceptors (Lipinski definition) is 2. The van der Waals surface area contributed by atoms with Crippen LogP contribution in [0.4, 0.5) is 0 Å². The smallest absolute Gasteiger partial charge is 0.0956 e. The quantitative estimate of drug-likeness (QED) is 0.662. The van der Waals surface area contributed by atoms with E-state index in [0.717, 1.165) is 5.69 Å². The zero-order valence-corrected chi connectivity index (χ0v) is 7.20. The van der Waals surface area contributed by atoms with E-state index in [1.807, 2.05) is 10.8 Å². The predicted molar refractivity (Wildman–Crippen MR) is 48.5 cm³/mol. The molecule has 0 spiro atoms. The second kappa shape index (κ2) is 3.93. The molecule has 0 aliphatic heterocycles. The Labute approximate surface area is 72.6 Å². The van der Waals surface area contributed by atoms with E-state index in [0.29, 0.717) is 19.0 Å². The highest BCUT2D eigenvalue weighted by Crippen LogP contribution is 2.12. The predicted octanol–water partition coefficient (Wildman–Crippen LogP) is 0.579. The highest BCUT2D eigenvalue weighted by atomic mass is 15.0. The fraction of sp³-hybridized carbons (Fsp3) is 0.444. The topological polar surface area (TPSA) is 43.8 Å². The SMILES string of the molecule is C#CCn1cncc1C(C)CN. The number of imidazole rings is 1. The molecule has 1 atom stereocenters. The summed E-state index contributed by atoms with van der Waals surface area (Å²) in [6.45, 7) is 3.25. The van der Waals surface area contributed by atoms with Crippen molar-refractivity contribution in [2.75, 3.05) is 6.54 Å². The summed E-state index contributed by atoms with van der Waals surface area (Å²) in [5.41, 5.74) is 6.64. The first-order valence-electron chi connectivity index (χ1n) is 3.93. The summed E-state index contributed by atoms with van der Waals surface area (Å²) in [6, 6.07) is 0. The molecule has 0 saturated heterocycles. The Morgan fingerprint density at radius 1 is 1.83 bits per heavy atom.